The Bertz CT molecular complexity index is 1140. The molecule has 160 valence electrons. The molecule has 9 heteroatoms. The molecule has 4 rings (SSSR count). The minimum atomic E-state index is -0.535. The van der Waals surface area contributed by atoms with Gasteiger partial charge in [-0.05, 0) is 30.2 Å². The minimum absolute atomic E-state index is 0.421. The van der Waals surface area contributed by atoms with Crippen LogP contribution in [0.5, 0.6) is 11.5 Å². The number of rotatable bonds is 7. The molecule has 0 aliphatic carbocycles. The summed E-state index contributed by atoms with van der Waals surface area (Å²) in [5.41, 5.74) is 8.78. The smallest absolute Gasteiger partial charge is 0.248 e. The highest BCUT2D eigenvalue weighted by Crippen LogP contribution is 2.39. The molecule has 0 bridgehead atoms. The fourth-order valence-electron chi connectivity index (χ4n) is 3.56. The molecule has 1 amide bonds. The quantitative estimate of drug-likeness (QED) is 0.546. The first-order valence-electron chi connectivity index (χ1n) is 9.64. The number of primary amides is 1. The van der Waals surface area contributed by atoms with Crippen molar-refractivity contribution in [1.82, 2.24) is 14.8 Å². The van der Waals surface area contributed by atoms with Crippen molar-refractivity contribution in [3.63, 3.8) is 0 Å². The van der Waals surface area contributed by atoms with Crippen LogP contribution < -0.4 is 20.5 Å². The van der Waals surface area contributed by atoms with Gasteiger partial charge in [0.15, 0.2) is 11.5 Å². The molecule has 0 spiro atoms. The van der Waals surface area contributed by atoms with Crippen molar-refractivity contribution in [2.24, 2.45) is 5.73 Å². The summed E-state index contributed by atoms with van der Waals surface area (Å²) in [7, 11) is 3.14. The van der Waals surface area contributed by atoms with Gasteiger partial charge >= 0.3 is 0 Å². The van der Waals surface area contributed by atoms with E-state index in [9.17, 15) is 4.79 Å². The number of hydrogen-bond donors (Lipinski definition) is 2. The van der Waals surface area contributed by atoms with E-state index in [1.807, 2.05) is 37.3 Å². The Kier molecular flexibility index (Phi) is 5.85. The standard InChI is InChI=1S/C22H23N5O3S/c1-13-18(20(23)28)19(15-9-10-16(29-2)17(11-15)30-3)27-21(24-13)25-22(26-27)31-12-14-7-5-4-6-8-14/h4-11,19H,12H2,1-3H3,(H2,23,28)(H,24,25,26)/t19-/m1/s1. The molecule has 0 fully saturated rings. The lowest BCUT2D eigenvalue weighted by molar-refractivity contribution is -0.115. The molecular weight excluding hydrogens is 414 g/mol. The summed E-state index contributed by atoms with van der Waals surface area (Å²) < 4.78 is 12.5. The Morgan fingerprint density at radius 2 is 1.90 bits per heavy atom. The van der Waals surface area contributed by atoms with Crippen LogP contribution in [0.4, 0.5) is 5.95 Å². The van der Waals surface area contributed by atoms with Crippen LogP contribution in [0.1, 0.15) is 24.1 Å². The molecule has 31 heavy (non-hydrogen) atoms. The first-order valence-corrected chi connectivity index (χ1v) is 10.6. The van der Waals surface area contributed by atoms with Crippen molar-refractivity contribution < 1.29 is 14.3 Å². The maximum atomic E-state index is 12.4. The van der Waals surface area contributed by atoms with Crippen LogP contribution in [0.15, 0.2) is 65.0 Å². The average Bonchev–Trinajstić information content (AvgIpc) is 3.19. The Labute approximate surface area is 184 Å². The molecule has 3 aromatic rings. The summed E-state index contributed by atoms with van der Waals surface area (Å²) in [4.78, 5) is 17.0. The number of nitrogens with zero attached hydrogens (tertiary/aromatic N) is 3. The van der Waals surface area contributed by atoms with Crippen molar-refractivity contribution >= 4 is 23.6 Å². The number of nitrogens with one attached hydrogen (secondary N) is 1. The number of thioether (sulfide) groups is 1. The summed E-state index contributed by atoms with van der Waals surface area (Å²) in [6, 6.07) is 15.1. The van der Waals surface area contributed by atoms with Crippen LogP contribution in [-0.4, -0.2) is 34.9 Å². The number of nitrogens with two attached hydrogens (primary N) is 1. The molecule has 1 atom stereocenters. The topological polar surface area (TPSA) is 104 Å². The molecule has 0 saturated carbocycles. The van der Waals surface area contributed by atoms with Gasteiger partial charge in [-0.2, -0.15) is 4.98 Å². The summed E-state index contributed by atoms with van der Waals surface area (Å²) in [6.45, 7) is 1.81. The highest BCUT2D eigenvalue weighted by atomic mass is 32.2. The van der Waals surface area contributed by atoms with E-state index in [0.29, 0.717) is 33.9 Å². The zero-order chi connectivity index (χ0) is 22.0. The number of allylic oxidation sites excluding steroid dienone is 1. The van der Waals surface area contributed by atoms with Crippen molar-refractivity contribution in [1.29, 1.82) is 0 Å². The van der Waals surface area contributed by atoms with Crippen LogP contribution in [0, 0.1) is 0 Å². The van der Waals surface area contributed by atoms with Gasteiger partial charge in [0.1, 0.15) is 6.04 Å². The summed E-state index contributed by atoms with van der Waals surface area (Å²) in [5.74, 6) is 1.92. The van der Waals surface area contributed by atoms with E-state index in [4.69, 9.17) is 15.2 Å². The highest BCUT2D eigenvalue weighted by molar-refractivity contribution is 7.98. The first-order chi connectivity index (χ1) is 15.0. The van der Waals surface area contributed by atoms with Gasteiger partial charge in [0.2, 0.25) is 17.0 Å². The van der Waals surface area contributed by atoms with E-state index >= 15 is 0 Å². The number of benzene rings is 2. The first kappa shape index (κ1) is 20.8. The van der Waals surface area contributed by atoms with Gasteiger partial charge in [-0.15, -0.1) is 5.10 Å². The fourth-order valence-corrected chi connectivity index (χ4v) is 4.35. The molecule has 1 aliphatic heterocycles. The van der Waals surface area contributed by atoms with Gasteiger partial charge in [-0.3, -0.25) is 4.79 Å². The van der Waals surface area contributed by atoms with Gasteiger partial charge in [-0.25, -0.2) is 4.68 Å². The van der Waals surface area contributed by atoms with Gasteiger partial charge < -0.3 is 20.5 Å². The second-order valence-corrected chi connectivity index (χ2v) is 7.92. The Balaban J connectivity index is 1.73. The predicted octanol–water partition coefficient (Wildman–Crippen LogP) is 3.36. The van der Waals surface area contributed by atoms with E-state index in [-0.39, 0.29) is 0 Å². The Morgan fingerprint density at radius 3 is 2.58 bits per heavy atom. The number of fused-ring (bicyclic) bond motifs is 1. The number of ether oxygens (including phenoxy) is 2. The van der Waals surface area contributed by atoms with Crippen LogP contribution in [-0.2, 0) is 10.5 Å². The molecule has 1 aliphatic rings. The highest BCUT2D eigenvalue weighted by Gasteiger charge is 2.33. The third-order valence-corrected chi connectivity index (χ3v) is 5.94. The number of hydrogen-bond acceptors (Lipinski definition) is 7. The van der Waals surface area contributed by atoms with Crippen LogP contribution in [0.2, 0.25) is 0 Å². The number of amides is 1. The maximum absolute atomic E-state index is 12.4. The molecule has 0 radical (unpaired) electrons. The molecule has 2 aromatic carbocycles. The number of carbonyl (C=O) groups excluding carboxylic acids is 1. The molecule has 0 unspecified atom stereocenters. The SMILES string of the molecule is COc1ccc([C@@H]2C(C(N)=O)=C(C)Nc3nc(SCc4ccccc4)nn32)cc1OC. The van der Waals surface area contributed by atoms with Crippen LogP contribution >= 0.6 is 11.8 Å². The zero-order valence-electron chi connectivity index (χ0n) is 17.5. The minimum Gasteiger partial charge on any atom is -0.493 e. The van der Waals surface area contributed by atoms with Gasteiger partial charge in [0.05, 0.1) is 19.8 Å². The lowest BCUT2D eigenvalue weighted by Crippen LogP contribution is -2.31. The molecule has 1 aromatic heterocycles. The lowest BCUT2D eigenvalue weighted by atomic mass is 9.95. The number of aromatic nitrogens is 3. The zero-order valence-corrected chi connectivity index (χ0v) is 18.3. The van der Waals surface area contributed by atoms with Crippen molar-refractivity contribution in [2.75, 3.05) is 19.5 Å². The largest absolute Gasteiger partial charge is 0.493 e. The Hall–Kier alpha value is -3.46. The third kappa shape index (κ3) is 4.09. The summed E-state index contributed by atoms with van der Waals surface area (Å²) >= 11 is 1.53. The van der Waals surface area contributed by atoms with E-state index in [0.717, 1.165) is 11.3 Å². The second kappa shape index (κ2) is 8.73. The van der Waals surface area contributed by atoms with Crippen LogP contribution in [0.3, 0.4) is 0 Å². The van der Waals surface area contributed by atoms with E-state index in [1.165, 1.54) is 17.3 Å². The molecule has 0 saturated heterocycles. The fraction of sp³-hybridized carbons (Fsp3) is 0.227. The monoisotopic (exact) mass is 437 g/mol. The van der Waals surface area contributed by atoms with E-state index in [1.54, 1.807) is 25.0 Å². The van der Waals surface area contributed by atoms with Gasteiger partial charge in [0, 0.05) is 11.4 Å². The number of carbonyl (C=O) groups is 1. The maximum Gasteiger partial charge on any atom is 0.248 e. The van der Waals surface area contributed by atoms with Gasteiger partial charge in [-0.1, -0.05) is 48.2 Å². The van der Waals surface area contributed by atoms with Crippen molar-refractivity contribution in [2.45, 2.75) is 23.9 Å². The average molecular weight is 438 g/mol. The second-order valence-electron chi connectivity index (χ2n) is 6.98. The molecular formula is C22H23N5O3S. The normalized spacial score (nSPS) is 15.3. The number of methoxy groups -OCH3 is 2. The lowest BCUT2D eigenvalue weighted by Gasteiger charge is -2.28. The summed E-state index contributed by atoms with van der Waals surface area (Å²) in [6.07, 6.45) is 0. The predicted molar refractivity (Wildman–Crippen MR) is 119 cm³/mol. The van der Waals surface area contributed by atoms with Crippen molar-refractivity contribution in [3.05, 3.63) is 70.9 Å². The van der Waals surface area contributed by atoms with Gasteiger partial charge in [0.25, 0.3) is 0 Å². The summed E-state index contributed by atoms with van der Waals surface area (Å²) in [5, 5.41) is 8.45. The third-order valence-electron chi connectivity index (χ3n) is 5.03. The molecule has 2 heterocycles. The van der Waals surface area contributed by atoms with Crippen molar-refractivity contribution in [3.8, 4) is 11.5 Å². The Morgan fingerprint density at radius 1 is 1.16 bits per heavy atom. The molecule has 3 N–H and O–H groups in total. The van der Waals surface area contributed by atoms with E-state index < -0.39 is 11.9 Å². The molecule has 8 nitrogen and oxygen atoms in total. The van der Waals surface area contributed by atoms with Crippen LogP contribution in [0.25, 0.3) is 0 Å². The van der Waals surface area contributed by atoms with E-state index in [2.05, 4.69) is 27.5 Å². The number of anilines is 1.